The van der Waals surface area contributed by atoms with E-state index in [2.05, 4.69) is 4.99 Å². The van der Waals surface area contributed by atoms with Gasteiger partial charge in [-0.1, -0.05) is 12.1 Å². The van der Waals surface area contributed by atoms with E-state index in [1.807, 2.05) is 0 Å². The lowest BCUT2D eigenvalue weighted by atomic mass is 10.2. The van der Waals surface area contributed by atoms with Crippen LogP contribution in [0.2, 0.25) is 0 Å². The Hall–Kier alpha value is -1.45. The Balaban J connectivity index is 2.77. The first-order valence-corrected chi connectivity index (χ1v) is 6.26. The molecule has 0 aliphatic carbocycles. The van der Waals surface area contributed by atoms with Crippen LogP contribution < -0.4 is 0 Å². The molecule has 0 atom stereocenters. The minimum Gasteiger partial charge on any atom is -0.224 e. The van der Waals surface area contributed by atoms with E-state index in [4.69, 9.17) is 0 Å². The van der Waals surface area contributed by atoms with Gasteiger partial charge >= 0.3 is 0 Å². The second kappa shape index (κ2) is 4.87. The molecule has 1 rings (SSSR count). The molecule has 0 aromatic heterocycles. The summed E-state index contributed by atoms with van der Waals surface area (Å²) < 4.78 is 22.3. The molecule has 5 heteroatoms. The molecule has 0 amide bonds. The summed E-state index contributed by atoms with van der Waals surface area (Å²) in [4.78, 5) is 13.5. The van der Waals surface area contributed by atoms with Gasteiger partial charge in [0.05, 0.1) is 11.4 Å². The third kappa shape index (κ3) is 3.65. The van der Waals surface area contributed by atoms with Crippen LogP contribution in [-0.2, 0) is 21.1 Å². The number of aliphatic imine (C=N–C) groups is 1. The van der Waals surface area contributed by atoms with E-state index >= 15 is 0 Å². The Kier molecular flexibility index (Phi) is 3.77. The van der Waals surface area contributed by atoms with Crippen molar-refractivity contribution in [2.24, 2.45) is 4.99 Å². The predicted molar refractivity (Wildman–Crippen MR) is 56.2 cm³/mol. The zero-order valence-corrected chi connectivity index (χ0v) is 9.12. The quantitative estimate of drug-likeness (QED) is 0.566. The zero-order valence-electron chi connectivity index (χ0n) is 8.30. The van der Waals surface area contributed by atoms with Crippen molar-refractivity contribution in [3.8, 4) is 0 Å². The summed E-state index contributed by atoms with van der Waals surface area (Å²) in [5, 5.41) is 0. The molecule has 0 saturated carbocycles. The molecule has 0 spiro atoms. The normalized spacial score (nSPS) is 10.7. The van der Waals surface area contributed by atoms with Crippen LogP contribution in [0.15, 0.2) is 34.2 Å². The number of hydrogen-bond donors (Lipinski definition) is 0. The number of carbonyl (C=O) groups excluding carboxylic acids is 1. The molecule has 4 nitrogen and oxygen atoms in total. The van der Waals surface area contributed by atoms with E-state index in [9.17, 15) is 13.2 Å². The molecular weight excluding hydrogens is 214 g/mol. The highest BCUT2D eigenvalue weighted by atomic mass is 32.2. The number of isocyanates is 1. The van der Waals surface area contributed by atoms with E-state index in [1.54, 1.807) is 24.3 Å². The first-order valence-electron chi connectivity index (χ1n) is 4.36. The second-order valence-electron chi connectivity index (χ2n) is 3.14. The fourth-order valence-corrected chi connectivity index (χ4v) is 1.76. The predicted octanol–water partition coefficient (Wildman–Crippen LogP) is 0.968. The summed E-state index contributed by atoms with van der Waals surface area (Å²) >= 11 is 0. The van der Waals surface area contributed by atoms with Gasteiger partial charge in [-0.05, 0) is 24.1 Å². The number of rotatable bonds is 4. The first-order chi connectivity index (χ1) is 7.04. The van der Waals surface area contributed by atoms with E-state index in [0.717, 1.165) is 5.56 Å². The minimum absolute atomic E-state index is 0.296. The number of sulfone groups is 1. The first kappa shape index (κ1) is 11.6. The SMILES string of the molecule is CS(=O)(=O)c1ccc(CCN=C=O)cc1. The standard InChI is InChI=1S/C10H11NO3S/c1-15(13,14)10-4-2-9(3-5-10)6-7-11-8-12/h2-5H,6-7H2,1H3. The number of benzene rings is 1. The molecule has 1 aromatic carbocycles. The highest BCUT2D eigenvalue weighted by molar-refractivity contribution is 7.90. The second-order valence-corrected chi connectivity index (χ2v) is 5.15. The van der Waals surface area contributed by atoms with Crippen molar-refractivity contribution < 1.29 is 13.2 Å². The lowest BCUT2D eigenvalue weighted by molar-refractivity contribution is 0.563. The lowest BCUT2D eigenvalue weighted by Gasteiger charge is -2.00. The van der Waals surface area contributed by atoms with Gasteiger partial charge in [-0.3, -0.25) is 0 Å². The Bertz CT molecular complexity index is 470. The molecule has 0 bridgehead atoms. The van der Waals surface area contributed by atoms with Crippen molar-refractivity contribution in [2.75, 3.05) is 12.8 Å². The van der Waals surface area contributed by atoms with Crippen molar-refractivity contribution in [3.05, 3.63) is 29.8 Å². The van der Waals surface area contributed by atoms with Gasteiger partial charge < -0.3 is 0 Å². The molecule has 0 N–H and O–H groups in total. The molecule has 0 heterocycles. The molecule has 0 saturated heterocycles. The number of nitrogens with zero attached hydrogens (tertiary/aromatic N) is 1. The summed E-state index contributed by atoms with van der Waals surface area (Å²) in [6.07, 6.45) is 3.23. The maximum Gasteiger partial charge on any atom is 0.234 e. The van der Waals surface area contributed by atoms with Gasteiger partial charge in [-0.25, -0.2) is 18.2 Å². The van der Waals surface area contributed by atoms with Crippen LogP contribution in [0.5, 0.6) is 0 Å². The van der Waals surface area contributed by atoms with Crippen molar-refractivity contribution in [2.45, 2.75) is 11.3 Å². The van der Waals surface area contributed by atoms with Crippen LogP contribution in [0.3, 0.4) is 0 Å². The maximum atomic E-state index is 11.1. The summed E-state index contributed by atoms with van der Waals surface area (Å²) in [5.41, 5.74) is 0.946. The molecule has 0 radical (unpaired) electrons. The van der Waals surface area contributed by atoms with Gasteiger partial charge in [0.25, 0.3) is 0 Å². The summed E-state index contributed by atoms with van der Waals surface area (Å²) in [6, 6.07) is 6.54. The van der Waals surface area contributed by atoms with Crippen molar-refractivity contribution in [3.63, 3.8) is 0 Å². The van der Waals surface area contributed by atoms with E-state index in [-0.39, 0.29) is 0 Å². The highest BCUT2D eigenvalue weighted by Gasteiger charge is 2.05. The van der Waals surface area contributed by atoms with Gasteiger partial charge in [0.15, 0.2) is 9.84 Å². The summed E-state index contributed by atoms with van der Waals surface area (Å²) in [7, 11) is -3.13. The summed E-state index contributed by atoms with van der Waals surface area (Å²) in [6.45, 7) is 0.377. The third-order valence-electron chi connectivity index (χ3n) is 1.93. The van der Waals surface area contributed by atoms with Crippen LogP contribution in [-0.4, -0.2) is 27.3 Å². The largest absolute Gasteiger partial charge is 0.234 e. The van der Waals surface area contributed by atoms with Crippen LogP contribution in [0.25, 0.3) is 0 Å². The van der Waals surface area contributed by atoms with Gasteiger partial charge in [0.2, 0.25) is 6.08 Å². The van der Waals surface area contributed by atoms with Crippen LogP contribution >= 0.6 is 0 Å². The average Bonchev–Trinajstić information content (AvgIpc) is 2.18. The Morgan fingerprint density at radius 3 is 2.33 bits per heavy atom. The van der Waals surface area contributed by atoms with Gasteiger partial charge in [-0.2, -0.15) is 0 Å². The smallest absolute Gasteiger partial charge is 0.224 e. The van der Waals surface area contributed by atoms with Crippen LogP contribution in [0.1, 0.15) is 5.56 Å². The van der Waals surface area contributed by atoms with E-state index < -0.39 is 9.84 Å². The number of hydrogen-bond acceptors (Lipinski definition) is 4. The molecule has 80 valence electrons. The van der Waals surface area contributed by atoms with Gasteiger partial charge in [-0.15, -0.1) is 0 Å². The van der Waals surface area contributed by atoms with E-state index in [1.165, 1.54) is 12.3 Å². The lowest BCUT2D eigenvalue weighted by Crippen LogP contribution is -1.97. The topological polar surface area (TPSA) is 63.6 Å². The molecular formula is C10H11NO3S. The molecule has 0 unspecified atom stereocenters. The minimum atomic E-state index is -3.13. The van der Waals surface area contributed by atoms with Gasteiger partial charge in [0.1, 0.15) is 0 Å². The van der Waals surface area contributed by atoms with Crippen molar-refractivity contribution >= 4 is 15.9 Å². The van der Waals surface area contributed by atoms with Crippen LogP contribution in [0, 0.1) is 0 Å². The third-order valence-corrected chi connectivity index (χ3v) is 3.06. The fraction of sp³-hybridized carbons (Fsp3) is 0.300. The molecule has 1 aromatic rings. The van der Waals surface area contributed by atoms with E-state index in [0.29, 0.717) is 17.9 Å². The Morgan fingerprint density at radius 1 is 1.27 bits per heavy atom. The van der Waals surface area contributed by atoms with Gasteiger partial charge in [0, 0.05) is 6.26 Å². The zero-order chi connectivity index (χ0) is 11.3. The Morgan fingerprint density at radius 2 is 1.87 bits per heavy atom. The van der Waals surface area contributed by atoms with Crippen molar-refractivity contribution in [1.29, 1.82) is 0 Å². The summed E-state index contributed by atoms with van der Waals surface area (Å²) in [5.74, 6) is 0. The monoisotopic (exact) mass is 225 g/mol. The highest BCUT2D eigenvalue weighted by Crippen LogP contribution is 2.10. The van der Waals surface area contributed by atoms with Crippen LogP contribution in [0.4, 0.5) is 0 Å². The fourth-order valence-electron chi connectivity index (χ4n) is 1.13. The molecule has 0 aliphatic rings. The van der Waals surface area contributed by atoms with Crippen molar-refractivity contribution in [1.82, 2.24) is 0 Å². The molecule has 0 aliphatic heterocycles. The molecule has 15 heavy (non-hydrogen) atoms. The molecule has 0 fully saturated rings. The maximum absolute atomic E-state index is 11.1. The average molecular weight is 225 g/mol. The Labute approximate surface area is 88.6 Å².